The van der Waals surface area contributed by atoms with Gasteiger partial charge in [-0.25, -0.2) is 4.98 Å². The van der Waals surface area contributed by atoms with Crippen molar-refractivity contribution in [1.29, 1.82) is 0 Å². The SMILES string of the molecule is O=C(CCc1ccc(Cl)c(Cl)c1)Cn1cnc2ccc(N3CCN(CC4=NC=CC4)CC3)cc2c1=O. The van der Waals surface area contributed by atoms with E-state index in [-0.39, 0.29) is 17.9 Å². The molecule has 5 rings (SSSR count). The third kappa shape index (κ3) is 5.69. The third-order valence-corrected chi connectivity index (χ3v) is 7.43. The van der Waals surface area contributed by atoms with Crippen LogP contribution in [0.2, 0.25) is 10.0 Å². The van der Waals surface area contributed by atoms with Crippen LogP contribution in [0.25, 0.3) is 10.9 Å². The normalized spacial score (nSPS) is 16.1. The van der Waals surface area contributed by atoms with Crippen molar-refractivity contribution in [2.24, 2.45) is 4.99 Å². The van der Waals surface area contributed by atoms with Crippen LogP contribution in [0.3, 0.4) is 0 Å². The number of nitrogens with zero attached hydrogens (tertiary/aromatic N) is 5. The Kier molecular flexibility index (Phi) is 7.51. The molecule has 2 aliphatic heterocycles. The second-order valence-electron chi connectivity index (χ2n) is 9.21. The summed E-state index contributed by atoms with van der Waals surface area (Å²) in [6, 6.07) is 11.1. The highest BCUT2D eigenvalue weighted by Crippen LogP contribution is 2.23. The van der Waals surface area contributed by atoms with E-state index in [1.54, 1.807) is 12.1 Å². The highest BCUT2D eigenvalue weighted by atomic mass is 35.5. The van der Waals surface area contributed by atoms with Crippen LogP contribution in [0.5, 0.6) is 0 Å². The summed E-state index contributed by atoms with van der Waals surface area (Å²) in [5, 5.41) is 1.48. The number of aliphatic imine (C=N–C) groups is 1. The molecule has 0 N–H and O–H groups in total. The molecule has 7 nitrogen and oxygen atoms in total. The van der Waals surface area contributed by atoms with E-state index in [9.17, 15) is 9.59 Å². The van der Waals surface area contributed by atoms with E-state index in [0.29, 0.717) is 33.8 Å². The van der Waals surface area contributed by atoms with Gasteiger partial charge in [-0.3, -0.25) is 24.0 Å². The molecule has 3 aromatic rings. The van der Waals surface area contributed by atoms with Crippen molar-refractivity contribution in [3.8, 4) is 0 Å². The number of piperazine rings is 1. The van der Waals surface area contributed by atoms with Crippen LogP contribution in [0.15, 0.2) is 64.8 Å². The Bertz CT molecular complexity index is 1410. The van der Waals surface area contributed by atoms with Crippen LogP contribution < -0.4 is 10.5 Å². The first-order chi connectivity index (χ1) is 17.5. The van der Waals surface area contributed by atoms with Gasteiger partial charge in [-0.15, -0.1) is 0 Å². The summed E-state index contributed by atoms with van der Waals surface area (Å²) in [5.74, 6) is -0.0429. The fraction of sp³-hybridized carbons (Fsp3) is 0.333. The molecule has 2 aromatic carbocycles. The van der Waals surface area contributed by atoms with Crippen molar-refractivity contribution in [2.45, 2.75) is 25.8 Å². The van der Waals surface area contributed by atoms with Gasteiger partial charge in [-0.2, -0.15) is 0 Å². The smallest absolute Gasteiger partial charge is 0.261 e. The molecule has 1 saturated heterocycles. The summed E-state index contributed by atoms with van der Waals surface area (Å²) in [5.41, 5.74) is 3.58. The Morgan fingerprint density at radius 1 is 1.00 bits per heavy atom. The minimum absolute atomic E-state index is 0.00919. The minimum Gasteiger partial charge on any atom is -0.369 e. The summed E-state index contributed by atoms with van der Waals surface area (Å²) in [6.45, 7) is 4.56. The highest BCUT2D eigenvalue weighted by Gasteiger charge is 2.19. The summed E-state index contributed by atoms with van der Waals surface area (Å²) in [6.07, 6.45) is 7.21. The first kappa shape index (κ1) is 24.7. The second kappa shape index (κ2) is 10.9. The van der Waals surface area contributed by atoms with Crippen LogP contribution in [-0.4, -0.2) is 58.7 Å². The number of carbonyl (C=O) groups is 1. The Labute approximate surface area is 219 Å². The number of Topliss-reactive ketones (excluding diaryl/α,β-unsaturated/α-hetero) is 1. The Hall–Kier alpha value is -3.00. The average molecular weight is 524 g/mol. The lowest BCUT2D eigenvalue weighted by atomic mass is 10.1. The number of carbonyl (C=O) groups excluding carboxylic acids is 1. The first-order valence-electron chi connectivity index (χ1n) is 12.1. The molecular weight excluding hydrogens is 497 g/mol. The van der Waals surface area contributed by atoms with Gasteiger partial charge in [0.05, 0.1) is 33.8 Å². The van der Waals surface area contributed by atoms with E-state index in [4.69, 9.17) is 23.2 Å². The van der Waals surface area contributed by atoms with Crippen molar-refractivity contribution in [3.63, 3.8) is 0 Å². The van der Waals surface area contributed by atoms with Crippen LogP contribution in [0.4, 0.5) is 5.69 Å². The van der Waals surface area contributed by atoms with E-state index in [0.717, 1.165) is 50.4 Å². The maximum atomic E-state index is 13.2. The molecular formula is C27H27Cl2N5O2. The molecule has 186 valence electrons. The topological polar surface area (TPSA) is 70.8 Å². The largest absolute Gasteiger partial charge is 0.369 e. The number of rotatable bonds is 8. The predicted molar refractivity (Wildman–Crippen MR) is 146 cm³/mol. The quantitative estimate of drug-likeness (QED) is 0.438. The first-order valence-corrected chi connectivity index (χ1v) is 12.8. The van der Waals surface area contributed by atoms with E-state index in [1.165, 1.54) is 16.6 Å². The van der Waals surface area contributed by atoms with E-state index < -0.39 is 0 Å². The van der Waals surface area contributed by atoms with Gasteiger partial charge < -0.3 is 4.90 Å². The predicted octanol–water partition coefficient (Wildman–Crippen LogP) is 4.39. The molecule has 0 amide bonds. The van der Waals surface area contributed by atoms with Crippen molar-refractivity contribution < 1.29 is 4.79 Å². The zero-order valence-corrected chi connectivity index (χ0v) is 21.4. The van der Waals surface area contributed by atoms with Gasteiger partial charge in [0.15, 0.2) is 5.78 Å². The minimum atomic E-state index is -0.199. The van der Waals surface area contributed by atoms with Crippen molar-refractivity contribution in [1.82, 2.24) is 14.5 Å². The summed E-state index contributed by atoms with van der Waals surface area (Å²) in [4.78, 5) is 39.4. The molecule has 1 aromatic heterocycles. The van der Waals surface area contributed by atoms with Crippen molar-refractivity contribution in [3.05, 3.63) is 81.0 Å². The van der Waals surface area contributed by atoms with Gasteiger partial charge in [0.1, 0.15) is 0 Å². The number of halogens is 2. The number of aryl methyl sites for hydroxylation is 1. The number of hydrogen-bond donors (Lipinski definition) is 0. The van der Waals surface area contributed by atoms with Gasteiger partial charge in [0, 0.05) is 63.2 Å². The van der Waals surface area contributed by atoms with E-state index in [2.05, 4.69) is 25.9 Å². The third-order valence-electron chi connectivity index (χ3n) is 6.69. The number of anilines is 1. The van der Waals surface area contributed by atoms with Gasteiger partial charge in [-0.1, -0.05) is 35.3 Å². The molecule has 1 fully saturated rings. The van der Waals surface area contributed by atoms with Crippen LogP contribution in [0.1, 0.15) is 18.4 Å². The molecule has 36 heavy (non-hydrogen) atoms. The number of hydrogen-bond acceptors (Lipinski definition) is 6. The average Bonchev–Trinajstić information content (AvgIpc) is 3.40. The fourth-order valence-electron chi connectivity index (χ4n) is 4.63. The lowest BCUT2D eigenvalue weighted by Crippen LogP contribution is -2.47. The summed E-state index contributed by atoms with van der Waals surface area (Å²) in [7, 11) is 0. The Morgan fingerprint density at radius 2 is 1.83 bits per heavy atom. The van der Waals surface area contributed by atoms with Gasteiger partial charge >= 0.3 is 0 Å². The maximum absolute atomic E-state index is 13.2. The van der Waals surface area contributed by atoms with Gasteiger partial charge in [0.2, 0.25) is 0 Å². The van der Waals surface area contributed by atoms with Gasteiger partial charge in [0.25, 0.3) is 5.56 Å². The van der Waals surface area contributed by atoms with Crippen LogP contribution in [0, 0.1) is 0 Å². The summed E-state index contributed by atoms with van der Waals surface area (Å²) >= 11 is 12.0. The second-order valence-corrected chi connectivity index (χ2v) is 10.0. The molecule has 0 bridgehead atoms. The standard InChI is InChI=1S/C27H27Cl2N5O2/c28-24-7-4-19(14-25(24)29)3-6-22(35)17-34-18-31-26-8-5-21(15-23(26)27(34)36)33-12-10-32(11-13-33)16-20-2-1-9-30-20/h1,4-5,7-9,14-15,18H,2-3,6,10-13,16-17H2. The highest BCUT2D eigenvalue weighted by molar-refractivity contribution is 6.42. The molecule has 2 aliphatic rings. The fourth-order valence-corrected chi connectivity index (χ4v) is 4.95. The number of benzene rings is 2. The van der Waals surface area contributed by atoms with Crippen LogP contribution >= 0.6 is 23.2 Å². The zero-order chi connectivity index (χ0) is 25.1. The molecule has 0 unspecified atom stereocenters. The number of fused-ring (bicyclic) bond motifs is 1. The summed E-state index contributed by atoms with van der Waals surface area (Å²) < 4.78 is 1.40. The Balaban J connectivity index is 1.23. The molecule has 0 aliphatic carbocycles. The van der Waals surface area contributed by atoms with E-state index >= 15 is 0 Å². The van der Waals surface area contributed by atoms with E-state index in [1.807, 2.05) is 30.5 Å². The maximum Gasteiger partial charge on any atom is 0.261 e. The number of allylic oxidation sites excluding steroid dienone is 1. The monoisotopic (exact) mass is 523 g/mol. The Morgan fingerprint density at radius 3 is 2.58 bits per heavy atom. The molecule has 0 saturated carbocycles. The molecule has 0 spiro atoms. The van der Waals surface area contributed by atoms with Crippen molar-refractivity contribution >= 4 is 51.3 Å². The number of aromatic nitrogens is 2. The molecule has 3 heterocycles. The lowest BCUT2D eigenvalue weighted by molar-refractivity contribution is -0.119. The van der Waals surface area contributed by atoms with Gasteiger partial charge in [-0.05, 0) is 42.3 Å². The zero-order valence-electron chi connectivity index (χ0n) is 19.9. The lowest BCUT2D eigenvalue weighted by Gasteiger charge is -2.36. The molecule has 9 heteroatoms. The molecule has 0 atom stereocenters. The van der Waals surface area contributed by atoms with Crippen LogP contribution in [-0.2, 0) is 17.8 Å². The molecule has 0 radical (unpaired) electrons. The van der Waals surface area contributed by atoms with Crippen molar-refractivity contribution in [2.75, 3.05) is 37.6 Å². The number of ketones is 1.